The van der Waals surface area contributed by atoms with Crippen molar-refractivity contribution in [3.63, 3.8) is 0 Å². The van der Waals surface area contributed by atoms with E-state index in [-0.39, 0.29) is 0 Å². The second-order valence-corrected chi connectivity index (χ2v) is 13.5. The molecular weight excluding hydrogens is 639 g/mol. The quantitative estimate of drug-likeness (QED) is 0.160. The standard InChI is InChI=1S/C47H33N3S/c1-4-12-34(13-5-1)36-20-24-39(25-21-36)49(38-16-8-3-9-17-38)42-32-44-43-18-10-11-19-46(43)51-47(44)45(33-42)50(41-28-30-48-31-29-41)40-26-22-37(23-27-40)35-14-6-2-7-15-35/h1-33H. The van der Waals surface area contributed by atoms with Crippen LogP contribution in [0.4, 0.5) is 34.1 Å². The average molecular weight is 672 g/mol. The van der Waals surface area contributed by atoms with E-state index in [2.05, 4.69) is 203 Å². The second kappa shape index (κ2) is 13.4. The fourth-order valence-electron chi connectivity index (χ4n) is 6.90. The van der Waals surface area contributed by atoms with Crippen LogP contribution in [0.2, 0.25) is 0 Å². The van der Waals surface area contributed by atoms with E-state index in [1.165, 1.54) is 42.4 Å². The third-order valence-corrected chi connectivity index (χ3v) is 10.6. The van der Waals surface area contributed by atoms with E-state index in [4.69, 9.17) is 0 Å². The Morgan fingerprint density at radius 3 is 1.43 bits per heavy atom. The number of hydrogen-bond acceptors (Lipinski definition) is 4. The van der Waals surface area contributed by atoms with Crippen molar-refractivity contribution < 1.29 is 0 Å². The van der Waals surface area contributed by atoms with Crippen molar-refractivity contribution in [1.29, 1.82) is 0 Å². The molecule has 0 saturated carbocycles. The van der Waals surface area contributed by atoms with Crippen molar-refractivity contribution in [2.45, 2.75) is 0 Å². The van der Waals surface area contributed by atoms with Crippen LogP contribution in [0.25, 0.3) is 42.4 Å². The van der Waals surface area contributed by atoms with Crippen molar-refractivity contribution in [2.24, 2.45) is 0 Å². The van der Waals surface area contributed by atoms with Crippen LogP contribution in [0.1, 0.15) is 0 Å². The minimum Gasteiger partial charge on any atom is -0.310 e. The maximum absolute atomic E-state index is 4.39. The van der Waals surface area contributed by atoms with E-state index in [9.17, 15) is 0 Å². The van der Waals surface area contributed by atoms with Gasteiger partial charge >= 0.3 is 0 Å². The summed E-state index contributed by atoms with van der Waals surface area (Å²) in [5, 5.41) is 2.48. The van der Waals surface area contributed by atoms with Crippen LogP contribution in [0.15, 0.2) is 200 Å². The van der Waals surface area contributed by atoms with Crippen LogP contribution < -0.4 is 9.80 Å². The lowest BCUT2D eigenvalue weighted by molar-refractivity contribution is 1.24. The molecule has 0 amide bonds. The molecular formula is C47H33N3S. The van der Waals surface area contributed by atoms with Gasteiger partial charge in [0, 0.05) is 56.3 Å². The normalized spacial score (nSPS) is 11.1. The molecule has 2 heterocycles. The molecule has 0 atom stereocenters. The molecule has 7 aromatic carbocycles. The molecule has 0 aliphatic heterocycles. The third-order valence-electron chi connectivity index (χ3n) is 9.34. The van der Waals surface area contributed by atoms with Crippen LogP contribution in [0.5, 0.6) is 0 Å². The van der Waals surface area contributed by atoms with E-state index < -0.39 is 0 Å². The number of thiophene rings is 1. The first kappa shape index (κ1) is 30.6. The van der Waals surface area contributed by atoms with Crippen molar-refractivity contribution in [3.05, 3.63) is 200 Å². The van der Waals surface area contributed by atoms with Crippen molar-refractivity contribution in [2.75, 3.05) is 9.80 Å². The predicted octanol–water partition coefficient (Wildman–Crippen LogP) is 13.7. The number of fused-ring (bicyclic) bond motifs is 3. The molecule has 242 valence electrons. The molecule has 0 aliphatic carbocycles. The van der Waals surface area contributed by atoms with Gasteiger partial charge in [0.2, 0.25) is 0 Å². The van der Waals surface area contributed by atoms with E-state index in [0.717, 1.165) is 34.1 Å². The van der Waals surface area contributed by atoms with Crippen LogP contribution in [0.3, 0.4) is 0 Å². The van der Waals surface area contributed by atoms with Crippen LogP contribution >= 0.6 is 11.3 Å². The second-order valence-electron chi connectivity index (χ2n) is 12.5. The number of rotatable bonds is 8. The molecule has 0 unspecified atom stereocenters. The predicted molar refractivity (Wildman–Crippen MR) is 217 cm³/mol. The Morgan fingerprint density at radius 2 is 0.824 bits per heavy atom. The summed E-state index contributed by atoms with van der Waals surface area (Å²) in [6.45, 7) is 0. The number of aromatic nitrogens is 1. The van der Waals surface area contributed by atoms with Gasteiger partial charge in [-0.1, -0.05) is 121 Å². The van der Waals surface area contributed by atoms with E-state index >= 15 is 0 Å². The molecule has 0 spiro atoms. The van der Waals surface area contributed by atoms with Gasteiger partial charge in [-0.15, -0.1) is 11.3 Å². The van der Waals surface area contributed by atoms with Gasteiger partial charge in [-0.25, -0.2) is 0 Å². The van der Waals surface area contributed by atoms with Gasteiger partial charge in [-0.3, -0.25) is 4.98 Å². The third kappa shape index (κ3) is 5.92. The number of nitrogens with zero attached hydrogens (tertiary/aromatic N) is 3. The van der Waals surface area contributed by atoms with Crippen molar-refractivity contribution in [3.8, 4) is 22.3 Å². The minimum atomic E-state index is 1.05. The van der Waals surface area contributed by atoms with Crippen LogP contribution in [0, 0.1) is 0 Å². The highest BCUT2D eigenvalue weighted by molar-refractivity contribution is 7.26. The largest absolute Gasteiger partial charge is 0.310 e. The summed E-state index contributed by atoms with van der Waals surface area (Å²) < 4.78 is 2.50. The van der Waals surface area contributed by atoms with Crippen LogP contribution in [-0.2, 0) is 0 Å². The van der Waals surface area contributed by atoms with Gasteiger partial charge in [-0.2, -0.15) is 0 Å². The first-order valence-corrected chi connectivity index (χ1v) is 17.9. The molecule has 3 nitrogen and oxygen atoms in total. The lowest BCUT2D eigenvalue weighted by Crippen LogP contribution is -2.13. The Hall–Kier alpha value is -6.49. The van der Waals surface area contributed by atoms with Gasteiger partial charge < -0.3 is 9.80 Å². The van der Waals surface area contributed by atoms with Crippen LogP contribution in [-0.4, -0.2) is 4.98 Å². The molecule has 0 bridgehead atoms. The highest BCUT2D eigenvalue weighted by Crippen LogP contribution is 2.49. The fourth-order valence-corrected chi connectivity index (χ4v) is 8.09. The minimum absolute atomic E-state index is 1.05. The maximum atomic E-state index is 4.39. The topological polar surface area (TPSA) is 19.4 Å². The molecule has 9 aromatic rings. The fraction of sp³-hybridized carbons (Fsp3) is 0. The number of para-hydroxylation sites is 1. The van der Waals surface area contributed by atoms with Crippen molar-refractivity contribution >= 4 is 65.6 Å². The molecule has 0 saturated heterocycles. The van der Waals surface area contributed by atoms with Gasteiger partial charge in [0.15, 0.2) is 0 Å². The van der Waals surface area contributed by atoms with Crippen molar-refractivity contribution in [1.82, 2.24) is 4.98 Å². The Balaban J connectivity index is 1.27. The number of benzene rings is 7. The molecule has 0 N–H and O–H groups in total. The highest BCUT2D eigenvalue weighted by atomic mass is 32.1. The lowest BCUT2D eigenvalue weighted by Gasteiger charge is -2.30. The summed E-state index contributed by atoms with van der Waals surface area (Å²) in [5.74, 6) is 0. The summed E-state index contributed by atoms with van der Waals surface area (Å²) in [7, 11) is 0. The van der Waals surface area contributed by atoms with Gasteiger partial charge in [-0.05, 0) is 89.0 Å². The average Bonchev–Trinajstić information content (AvgIpc) is 3.59. The summed E-state index contributed by atoms with van der Waals surface area (Å²) in [5.41, 5.74) is 11.3. The molecule has 2 aromatic heterocycles. The molecule has 4 heteroatoms. The maximum Gasteiger partial charge on any atom is 0.0661 e. The molecule has 0 aliphatic rings. The molecule has 0 fully saturated rings. The highest BCUT2D eigenvalue weighted by Gasteiger charge is 2.22. The summed E-state index contributed by atoms with van der Waals surface area (Å²) in [6.07, 6.45) is 3.74. The summed E-state index contributed by atoms with van der Waals surface area (Å²) in [4.78, 5) is 9.13. The zero-order valence-electron chi connectivity index (χ0n) is 27.8. The SMILES string of the molecule is c1ccc(-c2ccc(N(c3ccccc3)c3cc(N(c4ccncc4)c4ccc(-c5ccccc5)cc4)c4sc5ccccc5c4c3)cc2)cc1. The number of hydrogen-bond donors (Lipinski definition) is 0. The van der Waals surface area contributed by atoms with E-state index in [1.807, 2.05) is 23.7 Å². The molecule has 9 rings (SSSR count). The summed E-state index contributed by atoms with van der Waals surface area (Å²) >= 11 is 1.84. The Kier molecular flexibility index (Phi) is 8.05. The number of pyridine rings is 1. The van der Waals surface area contributed by atoms with Gasteiger partial charge in [0.25, 0.3) is 0 Å². The zero-order chi connectivity index (χ0) is 34.0. The van der Waals surface area contributed by atoms with E-state index in [1.54, 1.807) is 0 Å². The summed E-state index contributed by atoms with van der Waals surface area (Å²) in [6, 6.07) is 67.2. The Bertz CT molecular complexity index is 2550. The first-order valence-electron chi connectivity index (χ1n) is 17.1. The van der Waals surface area contributed by atoms with Gasteiger partial charge in [0.1, 0.15) is 0 Å². The van der Waals surface area contributed by atoms with E-state index in [0.29, 0.717) is 0 Å². The smallest absolute Gasteiger partial charge is 0.0661 e. The first-order chi connectivity index (χ1) is 25.3. The Morgan fingerprint density at radius 1 is 0.353 bits per heavy atom. The monoisotopic (exact) mass is 671 g/mol. The lowest BCUT2D eigenvalue weighted by atomic mass is 10.0. The molecule has 0 radical (unpaired) electrons. The Labute approximate surface area is 302 Å². The zero-order valence-corrected chi connectivity index (χ0v) is 28.6. The van der Waals surface area contributed by atoms with Gasteiger partial charge in [0.05, 0.1) is 10.4 Å². The number of anilines is 6. The molecule has 51 heavy (non-hydrogen) atoms.